The molecule has 0 spiro atoms. The predicted octanol–water partition coefficient (Wildman–Crippen LogP) is 2.60. The van der Waals surface area contributed by atoms with E-state index < -0.39 is 18.5 Å². The Morgan fingerprint density at radius 1 is 1.21 bits per heavy atom. The first-order valence-corrected chi connectivity index (χ1v) is 9.68. The van der Waals surface area contributed by atoms with Crippen LogP contribution in [0.2, 0.25) is 0 Å². The molecule has 1 aliphatic rings. The molecule has 0 radical (unpaired) electrons. The highest BCUT2D eigenvalue weighted by Crippen LogP contribution is 2.31. The van der Waals surface area contributed by atoms with Gasteiger partial charge in [0, 0.05) is 29.2 Å². The Hall–Kier alpha value is -3.00. The Morgan fingerprint density at radius 2 is 2.04 bits per heavy atom. The van der Waals surface area contributed by atoms with E-state index in [-0.39, 0.29) is 18.0 Å². The number of fused-ring (bicyclic) bond motifs is 1. The van der Waals surface area contributed by atoms with Gasteiger partial charge in [-0.3, -0.25) is 9.59 Å². The molecule has 2 amide bonds. The molecule has 0 unspecified atom stereocenters. The molecule has 0 aliphatic carbocycles. The summed E-state index contributed by atoms with van der Waals surface area (Å²) in [6.07, 6.45) is 0.422. The molecule has 0 fully saturated rings. The first kappa shape index (κ1) is 19.8. The molecule has 3 rings (SSSR count). The topological polar surface area (TPSA) is 93.7 Å². The zero-order chi connectivity index (χ0) is 19.9. The van der Waals surface area contributed by atoms with E-state index in [0.717, 1.165) is 10.5 Å². The van der Waals surface area contributed by atoms with Gasteiger partial charge >= 0.3 is 5.97 Å². The fraction of sp³-hybridized carbons (Fsp3) is 0.250. The SMILES string of the molecule is COc1ccccc1CNC(=O)COC(=O)c1ccc2c(c1)NC(=O)CCS2. The second-order valence-corrected chi connectivity index (χ2v) is 7.16. The molecular weight excluding hydrogens is 380 g/mol. The van der Waals surface area contributed by atoms with Crippen molar-refractivity contribution in [2.45, 2.75) is 17.9 Å². The van der Waals surface area contributed by atoms with Crippen molar-refractivity contribution >= 4 is 35.2 Å². The minimum absolute atomic E-state index is 0.0903. The lowest BCUT2D eigenvalue weighted by Crippen LogP contribution is -2.28. The number of benzene rings is 2. The molecule has 2 N–H and O–H groups in total. The first-order chi connectivity index (χ1) is 13.6. The highest BCUT2D eigenvalue weighted by atomic mass is 32.2. The maximum absolute atomic E-state index is 12.2. The fourth-order valence-electron chi connectivity index (χ4n) is 2.66. The van der Waals surface area contributed by atoms with E-state index in [2.05, 4.69) is 10.6 Å². The van der Waals surface area contributed by atoms with Crippen molar-refractivity contribution in [1.82, 2.24) is 5.32 Å². The highest BCUT2D eigenvalue weighted by Gasteiger charge is 2.17. The number of carbonyl (C=O) groups excluding carboxylic acids is 3. The number of methoxy groups -OCH3 is 1. The normalized spacial score (nSPS) is 13.0. The van der Waals surface area contributed by atoms with Crippen LogP contribution in [0.1, 0.15) is 22.3 Å². The lowest BCUT2D eigenvalue weighted by molar-refractivity contribution is -0.124. The van der Waals surface area contributed by atoms with E-state index in [0.29, 0.717) is 23.6 Å². The fourth-order valence-corrected chi connectivity index (χ4v) is 3.59. The molecule has 8 heteroatoms. The van der Waals surface area contributed by atoms with E-state index in [1.54, 1.807) is 43.1 Å². The number of hydrogen-bond acceptors (Lipinski definition) is 6. The summed E-state index contributed by atoms with van der Waals surface area (Å²) in [5.41, 5.74) is 1.69. The van der Waals surface area contributed by atoms with Crippen molar-refractivity contribution in [2.75, 3.05) is 24.8 Å². The van der Waals surface area contributed by atoms with Crippen LogP contribution in [0.4, 0.5) is 5.69 Å². The van der Waals surface area contributed by atoms with E-state index in [9.17, 15) is 14.4 Å². The van der Waals surface area contributed by atoms with Crippen molar-refractivity contribution in [1.29, 1.82) is 0 Å². The Labute approximate surface area is 166 Å². The molecule has 7 nitrogen and oxygen atoms in total. The number of hydrogen-bond donors (Lipinski definition) is 2. The maximum Gasteiger partial charge on any atom is 0.338 e. The van der Waals surface area contributed by atoms with Gasteiger partial charge in [-0.2, -0.15) is 0 Å². The quantitative estimate of drug-likeness (QED) is 0.724. The zero-order valence-corrected chi connectivity index (χ0v) is 16.1. The molecule has 28 heavy (non-hydrogen) atoms. The summed E-state index contributed by atoms with van der Waals surface area (Å²) in [4.78, 5) is 36.8. The van der Waals surface area contributed by atoms with Gasteiger partial charge in [-0.25, -0.2) is 4.79 Å². The summed E-state index contributed by atoms with van der Waals surface area (Å²) >= 11 is 1.55. The Balaban J connectivity index is 1.54. The van der Waals surface area contributed by atoms with Gasteiger partial charge in [0.05, 0.1) is 18.4 Å². The number of anilines is 1. The summed E-state index contributed by atoms with van der Waals surface area (Å²) in [5.74, 6) is 0.225. The summed E-state index contributed by atoms with van der Waals surface area (Å²) in [6, 6.07) is 12.3. The Morgan fingerprint density at radius 3 is 2.86 bits per heavy atom. The van der Waals surface area contributed by atoms with Gasteiger partial charge in [0.15, 0.2) is 6.61 Å². The van der Waals surface area contributed by atoms with Crippen LogP contribution in [0.15, 0.2) is 47.4 Å². The van der Waals surface area contributed by atoms with Crippen LogP contribution in [0, 0.1) is 0 Å². The molecule has 0 atom stereocenters. The Kier molecular flexibility index (Phi) is 6.54. The predicted molar refractivity (Wildman–Crippen MR) is 106 cm³/mol. The van der Waals surface area contributed by atoms with Crippen molar-refractivity contribution in [3.63, 3.8) is 0 Å². The van der Waals surface area contributed by atoms with Crippen LogP contribution in [-0.4, -0.2) is 37.3 Å². The monoisotopic (exact) mass is 400 g/mol. The minimum Gasteiger partial charge on any atom is -0.496 e. The van der Waals surface area contributed by atoms with Gasteiger partial charge in [0.1, 0.15) is 5.75 Å². The molecule has 1 aliphatic heterocycles. The van der Waals surface area contributed by atoms with Crippen LogP contribution >= 0.6 is 11.8 Å². The van der Waals surface area contributed by atoms with Gasteiger partial charge in [-0.1, -0.05) is 18.2 Å². The number of nitrogens with one attached hydrogen (secondary N) is 2. The van der Waals surface area contributed by atoms with Gasteiger partial charge in [0.25, 0.3) is 5.91 Å². The van der Waals surface area contributed by atoms with E-state index >= 15 is 0 Å². The average molecular weight is 400 g/mol. The molecule has 0 aromatic heterocycles. The minimum atomic E-state index is -0.626. The number of carbonyl (C=O) groups is 3. The maximum atomic E-state index is 12.2. The van der Waals surface area contributed by atoms with Gasteiger partial charge in [0.2, 0.25) is 5.91 Å². The molecule has 2 aromatic carbocycles. The third-order valence-corrected chi connectivity index (χ3v) is 5.15. The summed E-state index contributed by atoms with van der Waals surface area (Å²) in [7, 11) is 1.56. The van der Waals surface area contributed by atoms with E-state index in [4.69, 9.17) is 9.47 Å². The van der Waals surface area contributed by atoms with Crippen LogP contribution < -0.4 is 15.4 Å². The van der Waals surface area contributed by atoms with Crippen LogP contribution in [0.5, 0.6) is 5.75 Å². The molecule has 0 bridgehead atoms. The third-order valence-electron chi connectivity index (χ3n) is 4.08. The van der Waals surface area contributed by atoms with Crippen LogP contribution in [0.3, 0.4) is 0 Å². The largest absolute Gasteiger partial charge is 0.496 e. The van der Waals surface area contributed by atoms with E-state index in [1.165, 1.54) is 0 Å². The van der Waals surface area contributed by atoms with Crippen molar-refractivity contribution < 1.29 is 23.9 Å². The lowest BCUT2D eigenvalue weighted by Gasteiger charge is -2.11. The summed E-state index contributed by atoms with van der Waals surface area (Å²) in [5, 5.41) is 5.46. The molecule has 2 aromatic rings. The number of para-hydroxylation sites is 1. The summed E-state index contributed by atoms with van der Waals surface area (Å²) in [6.45, 7) is -0.130. The van der Waals surface area contributed by atoms with Crippen LogP contribution in [0.25, 0.3) is 0 Å². The number of esters is 1. The van der Waals surface area contributed by atoms with Crippen LogP contribution in [-0.2, 0) is 20.9 Å². The first-order valence-electron chi connectivity index (χ1n) is 8.69. The molecule has 1 heterocycles. The number of thioether (sulfide) groups is 1. The molecule has 0 saturated carbocycles. The van der Waals surface area contributed by atoms with Gasteiger partial charge < -0.3 is 20.1 Å². The average Bonchev–Trinajstić information content (AvgIpc) is 2.90. The second-order valence-electron chi connectivity index (χ2n) is 6.02. The number of ether oxygens (including phenoxy) is 2. The van der Waals surface area contributed by atoms with Gasteiger partial charge in [-0.05, 0) is 24.3 Å². The number of rotatable bonds is 6. The molecule has 0 saturated heterocycles. The zero-order valence-electron chi connectivity index (χ0n) is 15.3. The van der Waals surface area contributed by atoms with E-state index in [1.807, 2.05) is 18.2 Å². The molecular formula is C20H20N2O5S. The second kappa shape index (κ2) is 9.27. The third kappa shape index (κ3) is 5.04. The molecule has 146 valence electrons. The van der Waals surface area contributed by atoms with Crippen molar-refractivity contribution in [3.8, 4) is 5.75 Å². The smallest absolute Gasteiger partial charge is 0.338 e. The standard InChI is InChI=1S/C20H20N2O5S/c1-26-16-5-3-2-4-14(16)11-21-19(24)12-27-20(25)13-6-7-17-15(10-13)22-18(23)8-9-28-17/h2-7,10H,8-9,11-12H2,1H3,(H,21,24)(H,22,23). The lowest BCUT2D eigenvalue weighted by atomic mass is 10.2. The van der Waals surface area contributed by atoms with Crippen molar-refractivity contribution in [2.24, 2.45) is 0 Å². The Bertz CT molecular complexity index is 900. The van der Waals surface area contributed by atoms with Crippen molar-refractivity contribution in [3.05, 3.63) is 53.6 Å². The van der Waals surface area contributed by atoms with Gasteiger partial charge in [-0.15, -0.1) is 11.8 Å². The number of amides is 2. The summed E-state index contributed by atoms with van der Waals surface area (Å²) < 4.78 is 10.3. The highest BCUT2D eigenvalue weighted by molar-refractivity contribution is 7.99.